The monoisotopic (exact) mass is 330 g/mol. The summed E-state index contributed by atoms with van der Waals surface area (Å²) in [6.45, 7) is 6.01. The molecule has 0 atom stereocenters. The highest BCUT2D eigenvalue weighted by Gasteiger charge is 2.19. The van der Waals surface area contributed by atoms with Crippen LogP contribution >= 0.6 is 0 Å². The zero-order valence-electron chi connectivity index (χ0n) is 14.1. The molecule has 24 heavy (non-hydrogen) atoms. The lowest BCUT2D eigenvalue weighted by Gasteiger charge is -2.13. The van der Waals surface area contributed by atoms with E-state index in [1.807, 2.05) is 20.8 Å². The molecule has 2 rings (SSSR count). The number of amides is 2. The number of aromatic nitrogens is 2. The Morgan fingerprint density at radius 2 is 2.00 bits per heavy atom. The molecule has 0 radical (unpaired) electrons. The van der Waals surface area contributed by atoms with Gasteiger partial charge < -0.3 is 15.1 Å². The smallest absolute Gasteiger partial charge is 0.243 e. The number of pyridine rings is 1. The third-order valence-electron chi connectivity index (χ3n) is 3.25. The summed E-state index contributed by atoms with van der Waals surface area (Å²) in [7, 11) is 0. The number of oxazole rings is 1. The van der Waals surface area contributed by atoms with E-state index in [4.69, 9.17) is 4.42 Å². The van der Waals surface area contributed by atoms with Gasteiger partial charge in [0.15, 0.2) is 5.89 Å². The Balaban J connectivity index is 1.71. The van der Waals surface area contributed by atoms with E-state index in [1.165, 1.54) is 6.20 Å². The lowest BCUT2D eigenvalue weighted by atomic mass is 9.94. The van der Waals surface area contributed by atoms with Crippen LogP contribution in [0.2, 0.25) is 0 Å². The van der Waals surface area contributed by atoms with E-state index in [0.717, 1.165) is 5.76 Å². The molecule has 128 valence electrons. The van der Waals surface area contributed by atoms with Crippen molar-refractivity contribution in [2.24, 2.45) is 0 Å². The minimum atomic E-state index is -0.303. The largest absolute Gasteiger partial charge is 0.445 e. The van der Waals surface area contributed by atoms with E-state index >= 15 is 0 Å². The van der Waals surface area contributed by atoms with Crippen molar-refractivity contribution >= 4 is 17.5 Å². The number of nitrogens with one attached hydrogen (secondary N) is 2. The van der Waals surface area contributed by atoms with Gasteiger partial charge in [-0.15, -0.1) is 0 Å². The SMILES string of the molecule is CC(C)(C)c1cnc(CCC(=O)NCC(=O)Nc2cccnc2)o1. The van der Waals surface area contributed by atoms with Gasteiger partial charge in [-0.2, -0.15) is 0 Å². The van der Waals surface area contributed by atoms with Gasteiger partial charge in [-0.1, -0.05) is 20.8 Å². The van der Waals surface area contributed by atoms with E-state index in [2.05, 4.69) is 20.6 Å². The zero-order valence-corrected chi connectivity index (χ0v) is 14.1. The van der Waals surface area contributed by atoms with Crippen LogP contribution in [0.1, 0.15) is 38.8 Å². The molecule has 2 heterocycles. The van der Waals surface area contributed by atoms with Crippen molar-refractivity contribution in [3.63, 3.8) is 0 Å². The minimum absolute atomic E-state index is 0.0907. The van der Waals surface area contributed by atoms with Gasteiger partial charge in [0.1, 0.15) is 5.76 Å². The van der Waals surface area contributed by atoms with Crippen molar-refractivity contribution < 1.29 is 14.0 Å². The molecule has 0 spiro atoms. The second-order valence-corrected chi connectivity index (χ2v) is 6.43. The Kier molecular flexibility index (Phi) is 5.68. The fourth-order valence-corrected chi connectivity index (χ4v) is 1.90. The normalized spacial score (nSPS) is 11.1. The van der Waals surface area contributed by atoms with Crippen LogP contribution in [0.15, 0.2) is 35.1 Å². The van der Waals surface area contributed by atoms with Crippen molar-refractivity contribution in [1.29, 1.82) is 0 Å². The first kappa shape index (κ1) is 17.7. The van der Waals surface area contributed by atoms with E-state index in [-0.39, 0.29) is 30.2 Å². The van der Waals surface area contributed by atoms with Gasteiger partial charge in [-0.25, -0.2) is 4.98 Å². The predicted molar refractivity (Wildman–Crippen MR) is 89.4 cm³/mol. The highest BCUT2D eigenvalue weighted by atomic mass is 16.4. The Hall–Kier alpha value is -2.70. The van der Waals surface area contributed by atoms with E-state index in [1.54, 1.807) is 24.5 Å². The Morgan fingerprint density at radius 1 is 1.21 bits per heavy atom. The van der Waals surface area contributed by atoms with E-state index in [0.29, 0.717) is 18.0 Å². The molecule has 0 saturated heterocycles. The highest BCUT2D eigenvalue weighted by Crippen LogP contribution is 2.22. The molecule has 7 nitrogen and oxygen atoms in total. The maximum Gasteiger partial charge on any atom is 0.243 e. The number of nitrogens with zero attached hydrogens (tertiary/aromatic N) is 2. The average Bonchev–Trinajstić information content (AvgIpc) is 3.01. The lowest BCUT2D eigenvalue weighted by molar-refractivity contribution is -0.124. The van der Waals surface area contributed by atoms with Gasteiger partial charge >= 0.3 is 0 Å². The second kappa shape index (κ2) is 7.72. The number of anilines is 1. The first-order valence-corrected chi connectivity index (χ1v) is 7.76. The summed E-state index contributed by atoms with van der Waals surface area (Å²) in [6.07, 6.45) is 5.45. The summed E-state index contributed by atoms with van der Waals surface area (Å²) in [4.78, 5) is 31.6. The van der Waals surface area contributed by atoms with Gasteiger partial charge in [0.2, 0.25) is 11.8 Å². The van der Waals surface area contributed by atoms with Crippen LogP contribution in [0.4, 0.5) is 5.69 Å². The Bertz CT molecular complexity index is 689. The molecular weight excluding hydrogens is 308 g/mol. The van der Waals surface area contributed by atoms with Crippen LogP contribution in [-0.2, 0) is 21.4 Å². The van der Waals surface area contributed by atoms with Gasteiger partial charge in [0.25, 0.3) is 0 Å². The van der Waals surface area contributed by atoms with Gasteiger partial charge in [-0.05, 0) is 12.1 Å². The van der Waals surface area contributed by atoms with Crippen molar-refractivity contribution in [3.8, 4) is 0 Å². The van der Waals surface area contributed by atoms with Gasteiger partial charge in [0, 0.05) is 24.5 Å². The van der Waals surface area contributed by atoms with Gasteiger partial charge in [0.05, 0.1) is 24.6 Å². The third kappa shape index (κ3) is 5.49. The Morgan fingerprint density at radius 3 is 2.62 bits per heavy atom. The molecular formula is C17H22N4O3. The van der Waals surface area contributed by atoms with Crippen LogP contribution in [0.25, 0.3) is 0 Å². The number of aryl methyl sites for hydroxylation is 1. The molecule has 2 N–H and O–H groups in total. The van der Waals surface area contributed by atoms with Gasteiger partial charge in [-0.3, -0.25) is 14.6 Å². The summed E-state index contributed by atoms with van der Waals surface area (Å²) in [5.74, 6) is 0.776. The van der Waals surface area contributed by atoms with Crippen molar-refractivity contribution in [2.75, 3.05) is 11.9 Å². The molecule has 2 amide bonds. The maximum absolute atomic E-state index is 11.8. The summed E-state index contributed by atoms with van der Waals surface area (Å²) in [5.41, 5.74) is 0.476. The fraction of sp³-hybridized carbons (Fsp3) is 0.412. The standard InChI is InChI=1S/C17H22N4O3/c1-17(2,3)13-10-20-16(24-13)7-6-14(22)19-11-15(23)21-12-5-4-8-18-9-12/h4-5,8-10H,6-7,11H2,1-3H3,(H,19,22)(H,21,23). The minimum Gasteiger partial charge on any atom is -0.445 e. The van der Waals surface area contributed by atoms with E-state index < -0.39 is 0 Å². The second-order valence-electron chi connectivity index (χ2n) is 6.43. The molecule has 0 fully saturated rings. The molecule has 2 aromatic heterocycles. The first-order chi connectivity index (χ1) is 11.3. The number of rotatable bonds is 6. The molecule has 0 saturated carbocycles. The third-order valence-corrected chi connectivity index (χ3v) is 3.25. The summed E-state index contributed by atoms with van der Waals surface area (Å²) in [5, 5.41) is 5.21. The zero-order chi connectivity index (χ0) is 17.6. The number of hydrogen-bond donors (Lipinski definition) is 2. The number of hydrogen-bond acceptors (Lipinski definition) is 5. The topological polar surface area (TPSA) is 97.1 Å². The molecule has 0 aliphatic rings. The quantitative estimate of drug-likeness (QED) is 0.845. The molecule has 0 aliphatic heterocycles. The molecule has 7 heteroatoms. The molecule has 2 aromatic rings. The maximum atomic E-state index is 11.8. The van der Waals surface area contributed by atoms with Crippen molar-refractivity contribution in [3.05, 3.63) is 42.4 Å². The predicted octanol–water partition coefficient (Wildman–Crippen LogP) is 2.05. The summed E-state index contributed by atoms with van der Waals surface area (Å²) >= 11 is 0. The fourth-order valence-electron chi connectivity index (χ4n) is 1.90. The molecule has 0 aliphatic carbocycles. The van der Waals surface area contributed by atoms with Crippen LogP contribution in [0.3, 0.4) is 0 Å². The Labute approximate surface area is 140 Å². The van der Waals surface area contributed by atoms with Crippen LogP contribution in [-0.4, -0.2) is 28.3 Å². The van der Waals surface area contributed by atoms with Crippen LogP contribution in [0.5, 0.6) is 0 Å². The molecule has 0 bridgehead atoms. The average molecular weight is 330 g/mol. The highest BCUT2D eigenvalue weighted by molar-refractivity contribution is 5.94. The van der Waals surface area contributed by atoms with Crippen LogP contribution in [0, 0.1) is 0 Å². The van der Waals surface area contributed by atoms with Crippen molar-refractivity contribution in [2.45, 2.75) is 39.0 Å². The summed E-state index contributed by atoms with van der Waals surface area (Å²) < 4.78 is 5.63. The number of carbonyl (C=O) groups is 2. The molecule has 0 aromatic carbocycles. The lowest BCUT2D eigenvalue weighted by Crippen LogP contribution is -2.33. The van der Waals surface area contributed by atoms with Crippen LogP contribution < -0.4 is 10.6 Å². The molecule has 0 unspecified atom stereocenters. The van der Waals surface area contributed by atoms with E-state index in [9.17, 15) is 9.59 Å². The first-order valence-electron chi connectivity index (χ1n) is 7.76. The summed E-state index contributed by atoms with van der Waals surface area (Å²) in [6, 6.07) is 3.44. The number of carbonyl (C=O) groups excluding carboxylic acids is 2. The van der Waals surface area contributed by atoms with Crippen molar-refractivity contribution in [1.82, 2.24) is 15.3 Å².